The third-order valence-electron chi connectivity index (χ3n) is 2.34. The molecule has 0 fully saturated rings. The van der Waals surface area contributed by atoms with Crippen LogP contribution in [0, 0.1) is 0 Å². The van der Waals surface area contributed by atoms with E-state index in [1.807, 2.05) is 0 Å². The van der Waals surface area contributed by atoms with Gasteiger partial charge in [0.2, 0.25) is 0 Å². The molecule has 18 heavy (non-hydrogen) atoms. The Bertz CT molecular complexity index is 459. The van der Waals surface area contributed by atoms with E-state index in [2.05, 4.69) is 6.58 Å². The summed E-state index contributed by atoms with van der Waals surface area (Å²) in [5.74, 6) is -1.24. The Labute approximate surface area is 110 Å². The molecular weight excluding hydrogens is 254 g/mol. The number of hydrogen-bond donors (Lipinski definition) is 1. The van der Waals surface area contributed by atoms with E-state index in [0.29, 0.717) is 10.6 Å². The second-order valence-corrected chi connectivity index (χ2v) is 4.07. The van der Waals surface area contributed by atoms with Crippen LogP contribution in [0.2, 0.25) is 5.02 Å². The SMILES string of the molecule is C=CCN(CCC(=O)O)C(=O)c1ccccc1Cl. The van der Waals surface area contributed by atoms with Crippen LogP contribution in [0.3, 0.4) is 0 Å². The zero-order valence-corrected chi connectivity index (χ0v) is 10.6. The highest BCUT2D eigenvalue weighted by Crippen LogP contribution is 2.17. The molecule has 1 aromatic rings. The average Bonchev–Trinajstić information content (AvgIpc) is 2.34. The third kappa shape index (κ3) is 3.89. The monoisotopic (exact) mass is 267 g/mol. The fraction of sp³-hybridized carbons (Fsp3) is 0.231. The van der Waals surface area contributed by atoms with E-state index < -0.39 is 5.97 Å². The summed E-state index contributed by atoms with van der Waals surface area (Å²) >= 11 is 5.94. The summed E-state index contributed by atoms with van der Waals surface area (Å²) in [4.78, 5) is 24.1. The number of aliphatic carboxylic acids is 1. The van der Waals surface area contributed by atoms with Gasteiger partial charge in [-0.25, -0.2) is 0 Å². The van der Waals surface area contributed by atoms with Gasteiger partial charge < -0.3 is 10.0 Å². The van der Waals surface area contributed by atoms with E-state index >= 15 is 0 Å². The number of carbonyl (C=O) groups is 2. The number of rotatable bonds is 6. The number of carboxylic acid groups (broad SMARTS) is 1. The second kappa shape index (κ2) is 6.81. The van der Waals surface area contributed by atoms with Gasteiger partial charge in [0.15, 0.2) is 0 Å². The Morgan fingerprint density at radius 2 is 2.06 bits per heavy atom. The maximum absolute atomic E-state index is 12.2. The lowest BCUT2D eigenvalue weighted by Crippen LogP contribution is -2.33. The molecule has 1 aromatic carbocycles. The van der Waals surface area contributed by atoms with Crippen LogP contribution < -0.4 is 0 Å². The first-order valence-electron chi connectivity index (χ1n) is 5.42. The molecule has 0 radical (unpaired) electrons. The Morgan fingerprint density at radius 3 is 2.61 bits per heavy atom. The number of hydrogen-bond acceptors (Lipinski definition) is 2. The van der Waals surface area contributed by atoms with Crippen LogP contribution in [0.1, 0.15) is 16.8 Å². The first kappa shape index (κ1) is 14.3. The summed E-state index contributed by atoms with van der Waals surface area (Å²) in [6.45, 7) is 3.97. The van der Waals surface area contributed by atoms with Crippen molar-refractivity contribution in [2.75, 3.05) is 13.1 Å². The molecule has 0 atom stereocenters. The topological polar surface area (TPSA) is 57.6 Å². The van der Waals surface area contributed by atoms with Gasteiger partial charge in [0, 0.05) is 13.1 Å². The fourth-order valence-corrected chi connectivity index (χ4v) is 1.68. The van der Waals surface area contributed by atoms with Crippen molar-refractivity contribution in [3.63, 3.8) is 0 Å². The Balaban J connectivity index is 2.85. The van der Waals surface area contributed by atoms with Gasteiger partial charge in [-0.2, -0.15) is 0 Å². The summed E-state index contributed by atoms with van der Waals surface area (Å²) in [5.41, 5.74) is 0.367. The van der Waals surface area contributed by atoms with Crippen molar-refractivity contribution in [3.05, 3.63) is 47.5 Å². The predicted molar refractivity (Wildman–Crippen MR) is 69.8 cm³/mol. The summed E-state index contributed by atoms with van der Waals surface area (Å²) in [6.07, 6.45) is 1.45. The standard InChI is InChI=1S/C13H14ClNO3/c1-2-8-15(9-7-12(16)17)13(18)10-5-3-4-6-11(10)14/h2-6H,1,7-9H2,(H,16,17). The second-order valence-electron chi connectivity index (χ2n) is 3.66. The summed E-state index contributed by atoms with van der Waals surface area (Å²) in [5, 5.41) is 9.00. The van der Waals surface area contributed by atoms with Gasteiger partial charge in [0.05, 0.1) is 17.0 Å². The Morgan fingerprint density at radius 1 is 1.39 bits per heavy atom. The maximum Gasteiger partial charge on any atom is 0.305 e. The quantitative estimate of drug-likeness (QED) is 0.806. The van der Waals surface area contributed by atoms with Gasteiger partial charge in [0.25, 0.3) is 5.91 Å². The normalized spacial score (nSPS) is 9.83. The van der Waals surface area contributed by atoms with E-state index in [1.165, 1.54) is 4.90 Å². The van der Waals surface area contributed by atoms with Crippen molar-refractivity contribution < 1.29 is 14.7 Å². The fourth-order valence-electron chi connectivity index (χ4n) is 1.47. The molecule has 5 heteroatoms. The molecule has 1 amide bonds. The largest absolute Gasteiger partial charge is 0.481 e. The third-order valence-corrected chi connectivity index (χ3v) is 2.67. The van der Waals surface area contributed by atoms with Gasteiger partial charge in [-0.15, -0.1) is 6.58 Å². The van der Waals surface area contributed by atoms with Gasteiger partial charge in [-0.3, -0.25) is 9.59 Å². The lowest BCUT2D eigenvalue weighted by Gasteiger charge is -2.20. The molecule has 0 aliphatic rings. The minimum Gasteiger partial charge on any atom is -0.481 e. The van der Waals surface area contributed by atoms with E-state index in [-0.39, 0.29) is 25.4 Å². The Hall–Kier alpha value is -1.81. The zero-order valence-electron chi connectivity index (χ0n) is 9.80. The van der Waals surface area contributed by atoms with Crippen molar-refractivity contribution >= 4 is 23.5 Å². The highest BCUT2D eigenvalue weighted by Gasteiger charge is 2.17. The van der Waals surface area contributed by atoms with Crippen LogP contribution in [0.15, 0.2) is 36.9 Å². The lowest BCUT2D eigenvalue weighted by atomic mass is 10.2. The predicted octanol–water partition coefficient (Wildman–Crippen LogP) is 2.44. The van der Waals surface area contributed by atoms with Crippen LogP contribution >= 0.6 is 11.6 Å². The van der Waals surface area contributed by atoms with Crippen molar-refractivity contribution in [2.45, 2.75) is 6.42 Å². The summed E-state index contributed by atoms with van der Waals surface area (Å²) in [6, 6.07) is 6.68. The van der Waals surface area contributed by atoms with Crippen molar-refractivity contribution in [1.82, 2.24) is 4.90 Å². The van der Waals surface area contributed by atoms with Crippen molar-refractivity contribution in [3.8, 4) is 0 Å². The first-order chi connectivity index (χ1) is 8.56. The molecule has 0 aliphatic heterocycles. The van der Waals surface area contributed by atoms with E-state index in [4.69, 9.17) is 16.7 Å². The van der Waals surface area contributed by atoms with Crippen molar-refractivity contribution in [2.24, 2.45) is 0 Å². The zero-order chi connectivity index (χ0) is 13.5. The van der Waals surface area contributed by atoms with Gasteiger partial charge in [-0.05, 0) is 12.1 Å². The highest BCUT2D eigenvalue weighted by atomic mass is 35.5. The van der Waals surface area contributed by atoms with Crippen molar-refractivity contribution in [1.29, 1.82) is 0 Å². The number of amides is 1. The van der Waals surface area contributed by atoms with Crippen LogP contribution in [-0.4, -0.2) is 35.0 Å². The maximum atomic E-state index is 12.2. The molecular formula is C13H14ClNO3. The minimum absolute atomic E-state index is 0.107. The molecule has 0 spiro atoms. The average molecular weight is 268 g/mol. The number of nitrogens with zero attached hydrogens (tertiary/aromatic N) is 1. The van der Waals surface area contributed by atoms with Gasteiger partial charge in [0.1, 0.15) is 0 Å². The molecule has 1 N–H and O–H groups in total. The minimum atomic E-state index is -0.948. The van der Waals surface area contributed by atoms with Gasteiger partial charge >= 0.3 is 5.97 Å². The molecule has 0 unspecified atom stereocenters. The van der Waals surface area contributed by atoms with Crippen LogP contribution in [0.5, 0.6) is 0 Å². The number of carbonyl (C=O) groups excluding carboxylic acids is 1. The molecule has 0 bridgehead atoms. The molecule has 96 valence electrons. The van der Waals surface area contributed by atoms with E-state index in [9.17, 15) is 9.59 Å². The molecule has 0 saturated heterocycles. The molecule has 1 rings (SSSR count). The molecule has 4 nitrogen and oxygen atoms in total. The van der Waals surface area contributed by atoms with E-state index in [1.54, 1.807) is 30.3 Å². The number of carboxylic acids is 1. The first-order valence-corrected chi connectivity index (χ1v) is 5.80. The smallest absolute Gasteiger partial charge is 0.305 e. The van der Waals surface area contributed by atoms with E-state index in [0.717, 1.165) is 0 Å². The lowest BCUT2D eigenvalue weighted by molar-refractivity contribution is -0.137. The van der Waals surface area contributed by atoms with Crippen LogP contribution in [0.25, 0.3) is 0 Å². The molecule has 0 aliphatic carbocycles. The van der Waals surface area contributed by atoms with Gasteiger partial charge in [-0.1, -0.05) is 29.8 Å². The molecule has 0 aromatic heterocycles. The molecule has 0 heterocycles. The van der Waals surface area contributed by atoms with Crippen LogP contribution in [-0.2, 0) is 4.79 Å². The van der Waals surface area contributed by atoms with Crippen LogP contribution in [0.4, 0.5) is 0 Å². The Kier molecular flexibility index (Phi) is 5.39. The number of halogens is 1. The number of benzene rings is 1. The summed E-state index contributed by atoms with van der Waals surface area (Å²) in [7, 11) is 0. The molecule has 0 saturated carbocycles. The summed E-state index contributed by atoms with van der Waals surface area (Å²) < 4.78 is 0. The highest BCUT2D eigenvalue weighted by molar-refractivity contribution is 6.33.